The van der Waals surface area contributed by atoms with Crippen molar-refractivity contribution in [3.8, 4) is 11.3 Å². The molecule has 0 atom stereocenters. The fourth-order valence-electron chi connectivity index (χ4n) is 1.27. The predicted molar refractivity (Wildman–Crippen MR) is 51.7 cm³/mol. The van der Waals surface area contributed by atoms with E-state index in [1.807, 2.05) is 53.2 Å². The first kappa shape index (κ1) is 11.0. The summed E-state index contributed by atoms with van der Waals surface area (Å²) in [6, 6.07) is 17.0. The van der Waals surface area contributed by atoms with Crippen molar-refractivity contribution in [2.24, 2.45) is 0 Å². The van der Waals surface area contributed by atoms with Crippen LogP contribution in [0, 0.1) is 13.1 Å². The van der Waals surface area contributed by atoms with Crippen molar-refractivity contribution in [1.29, 1.82) is 0 Å². The number of rotatable bonds is 1. The molecule has 1 nitrogen and oxygen atoms in total. The molecule has 0 saturated carbocycles. The van der Waals surface area contributed by atoms with Crippen molar-refractivity contribution < 1.29 is 24.7 Å². The van der Waals surface area contributed by atoms with Crippen molar-refractivity contribution in [1.82, 2.24) is 0 Å². The first-order valence-electron chi connectivity index (χ1n) is 4.16. The number of nitrogens with zero attached hydrogens (tertiary/aromatic N) is 1. The van der Waals surface area contributed by atoms with Crippen LogP contribution in [-0.4, -0.2) is 0 Å². The van der Waals surface area contributed by atoms with E-state index >= 15 is 0 Å². The summed E-state index contributed by atoms with van der Waals surface area (Å²) in [5.41, 5.74) is 2.14. The zero-order valence-corrected chi connectivity index (χ0v) is 10.0. The summed E-state index contributed by atoms with van der Waals surface area (Å²) >= 11 is 0. The van der Waals surface area contributed by atoms with E-state index in [4.69, 9.17) is 0 Å². The normalized spacial score (nSPS) is 9.14. The summed E-state index contributed by atoms with van der Waals surface area (Å²) in [7, 11) is 3.89. The van der Waals surface area contributed by atoms with Gasteiger partial charge in [0.1, 0.15) is 5.69 Å². The minimum absolute atomic E-state index is 0. The van der Waals surface area contributed by atoms with Crippen LogP contribution < -0.4 is 4.57 Å². The molecule has 0 aliphatic carbocycles. The van der Waals surface area contributed by atoms with E-state index in [9.17, 15) is 0 Å². The monoisotopic (exact) mass is 361 g/mol. The van der Waals surface area contributed by atoms with Gasteiger partial charge in [-0.2, -0.15) is 0 Å². The maximum atomic E-state index is 3.89. The Hall–Kier alpha value is -1.11. The first-order valence-corrected chi connectivity index (χ1v) is 4.16. The van der Waals surface area contributed by atoms with E-state index in [0.29, 0.717) is 0 Å². The Labute approximate surface area is 97.8 Å². The van der Waals surface area contributed by atoms with Crippen LogP contribution in [0.1, 0.15) is 0 Å². The van der Waals surface area contributed by atoms with E-state index < -0.39 is 0 Å². The van der Waals surface area contributed by atoms with Gasteiger partial charge in [0.05, 0.1) is 6.20 Å². The maximum absolute atomic E-state index is 3.89. The molecule has 0 saturated heterocycles. The summed E-state index contributed by atoms with van der Waals surface area (Å²) in [4.78, 5) is 0. The second-order valence-electron chi connectivity index (χ2n) is 2.83. The number of pyridine rings is 1. The molecular formula is C12H10IrN-. The standard InChI is InChI=1S/C12H10N.Ir/c1-13-10-6-5-9-12(13)11-7-3-2-4-8-11;/h2-7,9-10H,1H2;/q-1;. The Morgan fingerprint density at radius 3 is 2.50 bits per heavy atom. The molecule has 0 unspecified atom stereocenters. The quantitative estimate of drug-likeness (QED) is 0.542. The first-order chi connectivity index (χ1) is 6.38. The Bertz CT molecular complexity index is 398. The number of aromatic nitrogens is 1. The molecule has 0 fully saturated rings. The van der Waals surface area contributed by atoms with Gasteiger partial charge in [0.15, 0.2) is 0 Å². The average Bonchev–Trinajstić information content (AvgIpc) is 2.20. The topological polar surface area (TPSA) is 3.88 Å². The minimum atomic E-state index is 0. The molecule has 2 rings (SSSR count). The second kappa shape index (κ2) is 4.94. The molecule has 0 bridgehead atoms. The van der Waals surface area contributed by atoms with Gasteiger partial charge >= 0.3 is 0 Å². The summed E-state index contributed by atoms with van der Waals surface area (Å²) in [6.07, 6.45) is 1.93. The molecule has 0 aliphatic rings. The summed E-state index contributed by atoms with van der Waals surface area (Å²) in [5, 5.41) is 0. The molecule has 1 aromatic carbocycles. The van der Waals surface area contributed by atoms with Gasteiger partial charge in [-0.25, -0.2) is 0 Å². The largest absolute Gasteiger partial charge is 0.321 e. The van der Waals surface area contributed by atoms with E-state index in [1.165, 1.54) is 0 Å². The molecule has 0 amide bonds. The molecule has 0 aliphatic heterocycles. The zero-order chi connectivity index (χ0) is 9.10. The average molecular weight is 360 g/mol. The molecule has 14 heavy (non-hydrogen) atoms. The van der Waals surface area contributed by atoms with Crippen LogP contribution >= 0.6 is 0 Å². The van der Waals surface area contributed by atoms with Gasteiger partial charge in [0, 0.05) is 27.2 Å². The van der Waals surface area contributed by atoms with Crippen LogP contribution in [0.4, 0.5) is 0 Å². The van der Waals surface area contributed by atoms with Crippen LogP contribution in [-0.2, 0) is 20.1 Å². The van der Waals surface area contributed by atoms with E-state index in [1.54, 1.807) is 0 Å². The smallest absolute Gasteiger partial charge is 0.115 e. The van der Waals surface area contributed by atoms with Crippen molar-refractivity contribution in [3.63, 3.8) is 0 Å². The Morgan fingerprint density at radius 2 is 1.86 bits per heavy atom. The second-order valence-corrected chi connectivity index (χ2v) is 2.83. The molecule has 0 N–H and O–H groups in total. The van der Waals surface area contributed by atoms with Gasteiger partial charge in [0.25, 0.3) is 0 Å². The van der Waals surface area contributed by atoms with Gasteiger partial charge in [-0.3, -0.25) is 0 Å². The fourth-order valence-corrected chi connectivity index (χ4v) is 1.27. The molecule has 1 aromatic heterocycles. The van der Waals surface area contributed by atoms with Crippen LogP contribution in [0.3, 0.4) is 0 Å². The SMILES string of the molecule is [CH2-][n+]1ccccc1-c1[c-]cccc1.[Ir]. The molecule has 0 spiro atoms. The summed E-state index contributed by atoms with van der Waals surface area (Å²) < 4.78 is 1.84. The molecular weight excluding hydrogens is 350 g/mol. The van der Waals surface area contributed by atoms with Crippen LogP contribution in [0.25, 0.3) is 11.3 Å². The van der Waals surface area contributed by atoms with Crippen molar-refractivity contribution >= 4 is 0 Å². The van der Waals surface area contributed by atoms with Crippen molar-refractivity contribution in [2.45, 2.75) is 0 Å². The Balaban J connectivity index is 0.000000980. The maximum Gasteiger partial charge on any atom is 0.115 e. The predicted octanol–water partition coefficient (Wildman–Crippen LogP) is 2.08. The van der Waals surface area contributed by atoms with E-state index in [-0.39, 0.29) is 20.1 Å². The van der Waals surface area contributed by atoms with Crippen molar-refractivity contribution in [2.75, 3.05) is 0 Å². The molecule has 1 radical (unpaired) electrons. The van der Waals surface area contributed by atoms with E-state index in [0.717, 1.165) is 11.3 Å². The van der Waals surface area contributed by atoms with Gasteiger partial charge in [-0.15, -0.1) is 30.3 Å². The Morgan fingerprint density at radius 1 is 1.07 bits per heavy atom. The minimum Gasteiger partial charge on any atom is -0.321 e. The van der Waals surface area contributed by atoms with Crippen LogP contribution in [0.15, 0.2) is 48.7 Å². The van der Waals surface area contributed by atoms with Crippen LogP contribution in [0.2, 0.25) is 0 Å². The number of hydrogen-bond acceptors (Lipinski definition) is 0. The third-order valence-electron chi connectivity index (χ3n) is 1.93. The molecule has 1 heterocycles. The van der Waals surface area contributed by atoms with E-state index in [2.05, 4.69) is 13.1 Å². The summed E-state index contributed by atoms with van der Waals surface area (Å²) in [6.45, 7) is 0. The van der Waals surface area contributed by atoms with Gasteiger partial charge in [-0.1, -0.05) is 17.7 Å². The molecule has 73 valence electrons. The van der Waals surface area contributed by atoms with Gasteiger partial charge in [0.2, 0.25) is 0 Å². The molecule has 2 aromatic rings. The fraction of sp³-hybridized carbons (Fsp3) is 0. The number of hydrogen-bond donors (Lipinski definition) is 0. The third-order valence-corrected chi connectivity index (χ3v) is 1.93. The zero-order valence-electron chi connectivity index (χ0n) is 7.61. The van der Waals surface area contributed by atoms with Crippen molar-refractivity contribution in [3.05, 3.63) is 61.8 Å². The Kier molecular flexibility index (Phi) is 3.87. The summed E-state index contributed by atoms with van der Waals surface area (Å²) in [5.74, 6) is 0. The third kappa shape index (κ3) is 2.22. The van der Waals surface area contributed by atoms with Gasteiger partial charge < -0.3 is 4.57 Å². The molecule has 2 heteroatoms. The number of benzene rings is 1. The van der Waals surface area contributed by atoms with Crippen LogP contribution in [0.5, 0.6) is 0 Å². The van der Waals surface area contributed by atoms with Gasteiger partial charge in [-0.05, 0) is 6.07 Å².